The average Bonchev–Trinajstić information content (AvgIpc) is 2.66. The van der Waals surface area contributed by atoms with E-state index in [2.05, 4.69) is 4.98 Å². The number of aryl methyl sites for hydroxylation is 1. The van der Waals surface area contributed by atoms with Crippen molar-refractivity contribution in [3.63, 3.8) is 0 Å². The predicted octanol–water partition coefficient (Wildman–Crippen LogP) is 2.97. The molecule has 138 valence electrons. The lowest BCUT2D eigenvalue weighted by Gasteiger charge is -2.33. The molecule has 2 heterocycles. The molecule has 1 aliphatic rings. The van der Waals surface area contributed by atoms with E-state index in [4.69, 9.17) is 25.8 Å². The van der Waals surface area contributed by atoms with Gasteiger partial charge in [0.1, 0.15) is 17.9 Å². The maximum atomic E-state index is 12.7. The number of amides is 1. The van der Waals surface area contributed by atoms with E-state index in [0.29, 0.717) is 43.4 Å². The number of benzene rings is 1. The first kappa shape index (κ1) is 18.5. The van der Waals surface area contributed by atoms with E-state index in [1.807, 2.05) is 31.2 Å². The number of pyridine rings is 1. The lowest BCUT2D eigenvalue weighted by molar-refractivity contribution is -0.0403. The number of hydrogen-bond donors (Lipinski definition) is 0. The number of morpholine rings is 1. The number of methoxy groups -OCH3 is 1. The maximum Gasteiger partial charge on any atom is 0.257 e. The van der Waals surface area contributed by atoms with Crippen LogP contribution in [-0.4, -0.2) is 55.3 Å². The molecule has 1 aromatic carbocycles. The number of para-hydroxylation sites is 2. The molecular formula is C19H21ClN2O4. The molecule has 26 heavy (non-hydrogen) atoms. The van der Waals surface area contributed by atoms with Crippen molar-refractivity contribution < 1.29 is 19.0 Å². The van der Waals surface area contributed by atoms with Gasteiger partial charge in [0.05, 0.1) is 25.8 Å². The summed E-state index contributed by atoms with van der Waals surface area (Å²) in [5.74, 6) is 1.16. The Kier molecular flexibility index (Phi) is 5.96. The monoisotopic (exact) mass is 376 g/mol. The molecule has 0 aliphatic carbocycles. The average molecular weight is 377 g/mol. The van der Waals surface area contributed by atoms with Crippen molar-refractivity contribution in [3.05, 3.63) is 52.8 Å². The van der Waals surface area contributed by atoms with Gasteiger partial charge < -0.3 is 19.1 Å². The van der Waals surface area contributed by atoms with Crippen molar-refractivity contribution in [2.75, 3.05) is 33.4 Å². The zero-order valence-electron chi connectivity index (χ0n) is 14.8. The Labute approximate surface area is 157 Å². The molecule has 0 radical (unpaired) electrons. The van der Waals surface area contributed by atoms with E-state index in [-0.39, 0.29) is 17.2 Å². The second-order valence-electron chi connectivity index (χ2n) is 6.00. The van der Waals surface area contributed by atoms with Crippen LogP contribution >= 0.6 is 11.6 Å². The summed E-state index contributed by atoms with van der Waals surface area (Å²) in [6.07, 6.45) is -0.227. The third-order valence-corrected chi connectivity index (χ3v) is 4.43. The van der Waals surface area contributed by atoms with E-state index in [1.54, 1.807) is 24.1 Å². The summed E-state index contributed by atoms with van der Waals surface area (Å²) in [6.45, 7) is 3.54. The van der Waals surface area contributed by atoms with Crippen LogP contribution in [0.25, 0.3) is 0 Å². The molecule has 1 saturated heterocycles. The van der Waals surface area contributed by atoms with Gasteiger partial charge in [0, 0.05) is 12.2 Å². The molecule has 2 aromatic rings. The summed E-state index contributed by atoms with van der Waals surface area (Å²) >= 11 is 6.13. The van der Waals surface area contributed by atoms with Gasteiger partial charge in [0.2, 0.25) is 0 Å². The number of carbonyl (C=O) groups excluding carboxylic acids is 1. The Balaban J connectivity index is 1.63. The van der Waals surface area contributed by atoms with Crippen LogP contribution in [0.2, 0.25) is 5.15 Å². The van der Waals surface area contributed by atoms with Crippen molar-refractivity contribution in [2.45, 2.75) is 13.0 Å². The first-order chi connectivity index (χ1) is 12.6. The molecule has 0 bridgehead atoms. The lowest BCUT2D eigenvalue weighted by atomic mass is 10.2. The van der Waals surface area contributed by atoms with Gasteiger partial charge in [-0.05, 0) is 31.2 Å². The Morgan fingerprint density at radius 1 is 1.31 bits per heavy atom. The summed E-state index contributed by atoms with van der Waals surface area (Å²) in [5, 5.41) is 0.225. The van der Waals surface area contributed by atoms with Gasteiger partial charge in [-0.15, -0.1) is 0 Å². The molecule has 6 nitrogen and oxygen atoms in total. The number of nitrogens with zero attached hydrogens (tertiary/aromatic N) is 2. The predicted molar refractivity (Wildman–Crippen MR) is 98.1 cm³/mol. The van der Waals surface area contributed by atoms with Gasteiger partial charge in [-0.3, -0.25) is 4.79 Å². The molecule has 1 fully saturated rings. The van der Waals surface area contributed by atoms with Crippen LogP contribution in [0.15, 0.2) is 36.4 Å². The quantitative estimate of drug-likeness (QED) is 0.751. The fourth-order valence-electron chi connectivity index (χ4n) is 2.78. The molecular weight excluding hydrogens is 356 g/mol. The van der Waals surface area contributed by atoms with Gasteiger partial charge in [-0.25, -0.2) is 4.98 Å². The number of rotatable bonds is 5. The Morgan fingerprint density at radius 3 is 2.81 bits per heavy atom. The molecule has 0 spiro atoms. The van der Waals surface area contributed by atoms with Crippen LogP contribution in [0.1, 0.15) is 16.1 Å². The fraction of sp³-hybridized carbons (Fsp3) is 0.368. The zero-order valence-corrected chi connectivity index (χ0v) is 15.5. The molecule has 3 rings (SSSR count). The molecule has 1 amide bonds. The third kappa shape index (κ3) is 4.26. The minimum absolute atomic E-state index is 0.145. The van der Waals surface area contributed by atoms with Gasteiger partial charge in [-0.2, -0.15) is 0 Å². The second kappa shape index (κ2) is 8.38. The highest BCUT2D eigenvalue weighted by Crippen LogP contribution is 2.26. The topological polar surface area (TPSA) is 60.9 Å². The van der Waals surface area contributed by atoms with Crippen LogP contribution in [-0.2, 0) is 4.74 Å². The maximum absolute atomic E-state index is 12.7. The van der Waals surface area contributed by atoms with E-state index < -0.39 is 0 Å². The highest BCUT2D eigenvalue weighted by atomic mass is 35.5. The summed E-state index contributed by atoms with van der Waals surface area (Å²) < 4.78 is 16.8. The lowest BCUT2D eigenvalue weighted by Crippen LogP contribution is -2.47. The summed E-state index contributed by atoms with van der Waals surface area (Å²) in [4.78, 5) is 18.6. The second-order valence-corrected chi connectivity index (χ2v) is 6.35. The molecule has 1 atom stereocenters. The highest BCUT2D eigenvalue weighted by molar-refractivity contribution is 6.32. The normalized spacial score (nSPS) is 17.0. The highest BCUT2D eigenvalue weighted by Gasteiger charge is 2.27. The largest absolute Gasteiger partial charge is 0.493 e. The van der Waals surface area contributed by atoms with Crippen molar-refractivity contribution in [2.24, 2.45) is 0 Å². The van der Waals surface area contributed by atoms with Crippen LogP contribution in [0.5, 0.6) is 11.5 Å². The zero-order chi connectivity index (χ0) is 18.5. The Morgan fingerprint density at radius 2 is 2.08 bits per heavy atom. The van der Waals surface area contributed by atoms with E-state index >= 15 is 0 Å². The van der Waals surface area contributed by atoms with Gasteiger partial charge in [0.25, 0.3) is 5.91 Å². The van der Waals surface area contributed by atoms with Crippen molar-refractivity contribution in [1.29, 1.82) is 0 Å². The van der Waals surface area contributed by atoms with E-state index in [9.17, 15) is 4.79 Å². The molecule has 7 heteroatoms. The Hall–Kier alpha value is -2.31. The third-order valence-electron chi connectivity index (χ3n) is 4.14. The molecule has 1 aromatic heterocycles. The van der Waals surface area contributed by atoms with E-state index in [1.165, 1.54) is 0 Å². The number of aromatic nitrogens is 1. The standard InChI is InChI=1S/C19H21ClN2O4/c1-13-7-8-15(18(20)21-13)19(23)22-9-10-25-14(11-22)12-26-17-6-4-3-5-16(17)24-2/h3-8,14H,9-12H2,1-2H3. The number of carbonyl (C=O) groups is 1. The number of halogens is 1. The first-order valence-corrected chi connectivity index (χ1v) is 8.76. The summed E-state index contributed by atoms with van der Waals surface area (Å²) in [7, 11) is 1.60. The van der Waals surface area contributed by atoms with Crippen molar-refractivity contribution >= 4 is 17.5 Å². The van der Waals surface area contributed by atoms with Crippen molar-refractivity contribution in [1.82, 2.24) is 9.88 Å². The molecule has 0 saturated carbocycles. The van der Waals surface area contributed by atoms with Crippen LogP contribution in [0.4, 0.5) is 0 Å². The van der Waals surface area contributed by atoms with E-state index in [0.717, 1.165) is 5.69 Å². The minimum Gasteiger partial charge on any atom is -0.493 e. The van der Waals surface area contributed by atoms with Crippen molar-refractivity contribution in [3.8, 4) is 11.5 Å². The minimum atomic E-state index is -0.227. The van der Waals surface area contributed by atoms with Gasteiger partial charge in [-0.1, -0.05) is 23.7 Å². The Bertz CT molecular complexity index is 784. The number of ether oxygens (including phenoxy) is 3. The number of hydrogen-bond acceptors (Lipinski definition) is 5. The molecule has 0 N–H and O–H groups in total. The van der Waals surface area contributed by atoms with Crippen LogP contribution in [0, 0.1) is 6.92 Å². The first-order valence-electron chi connectivity index (χ1n) is 8.38. The summed E-state index contributed by atoms with van der Waals surface area (Å²) in [6, 6.07) is 10.9. The van der Waals surface area contributed by atoms with Gasteiger partial charge in [0.15, 0.2) is 11.5 Å². The van der Waals surface area contributed by atoms with Crippen LogP contribution < -0.4 is 9.47 Å². The molecule has 1 aliphatic heterocycles. The van der Waals surface area contributed by atoms with Crippen LogP contribution in [0.3, 0.4) is 0 Å². The SMILES string of the molecule is COc1ccccc1OCC1CN(C(=O)c2ccc(C)nc2Cl)CCO1. The fourth-order valence-corrected chi connectivity index (χ4v) is 3.06. The summed E-state index contributed by atoms with van der Waals surface area (Å²) in [5.41, 5.74) is 1.18. The smallest absolute Gasteiger partial charge is 0.257 e. The molecule has 1 unspecified atom stereocenters. The van der Waals surface area contributed by atoms with Gasteiger partial charge >= 0.3 is 0 Å².